The second-order valence-electron chi connectivity index (χ2n) is 2.16. The molecular formula is C7H13BO2. The number of hydrogen-bond donors (Lipinski definition) is 0. The number of benzene rings is 1. The molecule has 0 aliphatic carbocycles. The van der Waals surface area contributed by atoms with Gasteiger partial charge in [0.2, 0.25) is 0 Å². The summed E-state index contributed by atoms with van der Waals surface area (Å²) >= 11 is 0. The van der Waals surface area contributed by atoms with Gasteiger partial charge in [0, 0.05) is 0 Å². The third-order valence-electron chi connectivity index (χ3n) is 1.17. The van der Waals surface area contributed by atoms with Crippen LogP contribution in [0.5, 0.6) is 0 Å². The highest BCUT2D eigenvalue weighted by molar-refractivity contribution is 6.32. The Balaban J connectivity index is 0. The molecule has 1 aromatic carbocycles. The molecule has 0 bridgehead atoms. The Hall–Kier alpha value is -0.795. The summed E-state index contributed by atoms with van der Waals surface area (Å²) < 4.78 is 0. The van der Waals surface area contributed by atoms with Gasteiger partial charge < -0.3 is 11.0 Å². The topological polar surface area (TPSA) is 63.0 Å². The summed E-state index contributed by atoms with van der Waals surface area (Å²) in [6, 6.07) is 8.45. The summed E-state index contributed by atoms with van der Waals surface area (Å²) in [6.07, 6.45) is 0. The van der Waals surface area contributed by atoms with Crippen molar-refractivity contribution in [2.75, 3.05) is 0 Å². The van der Waals surface area contributed by atoms with Crippen LogP contribution in [-0.4, -0.2) is 18.8 Å². The van der Waals surface area contributed by atoms with Crippen molar-refractivity contribution < 1.29 is 11.0 Å². The molecule has 0 heterocycles. The molecule has 4 N–H and O–H groups in total. The van der Waals surface area contributed by atoms with E-state index in [1.807, 2.05) is 0 Å². The lowest BCUT2D eigenvalue weighted by Crippen LogP contribution is -1.99. The fourth-order valence-corrected chi connectivity index (χ4v) is 0.807. The largest absolute Gasteiger partial charge is 0.412 e. The number of rotatable bonds is 0. The van der Waals surface area contributed by atoms with Crippen molar-refractivity contribution in [3.8, 4) is 0 Å². The third-order valence-corrected chi connectivity index (χ3v) is 1.17. The Morgan fingerprint density at radius 3 is 2.10 bits per heavy atom. The first-order valence-corrected chi connectivity index (χ1v) is 2.82. The second kappa shape index (κ2) is 5.03. The van der Waals surface area contributed by atoms with E-state index in [-0.39, 0.29) is 11.0 Å². The van der Waals surface area contributed by atoms with Crippen LogP contribution in [0.25, 0.3) is 0 Å². The van der Waals surface area contributed by atoms with Gasteiger partial charge in [-0.2, -0.15) is 0 Å². The molecule has 0 aliphatic heterocycles. The molecule has 0 fully saturated rings. The smallest absolute Gasteiger partial charge is 0.139 e. The molecule has 1 rings (SSSR count). The predicted molar refractivity (Wildman–Crippen MR) is 46.6 cm³/mol. The van der Waals surface area contributed by atoms with E-state index in [4.69, 9.17) is 0 Å². The van der Waals surface area contributed by atoms with Crippen molar-refractivity contribution in [1.82, 2.24) is 0 Å². The lowest BCUT2D eigenvalue weighted by molar-refractivity contribution is 0.823. The predicted octanol–water partition coefficient (Wildman–Crippen LogP) is -1.40. The Morgan fingerprint density at radius 1 is 1.20 bits per heavy atom. The lowest BCUT2D eigenvalue weighted by Gasteiger charge is -1.90. The molecule has 0 atom stereocenters. The molecule has 3 heteroatoms. The molecule has 1 aromatic rings. The average Bonchev–Trinajstić information content (AvgIpc) is 1.64. The van der Waals surface area contributed by atoms with Crippen LogP contribution in [0.3, 0.4) is 0 Å². The van der Waals surface area contributed by atoms with Gasteiger partial charge in [-0.3, -0.25) is 0 Å². The van der Waals surface area contributed by atoms with Gasteiger partial charge in [0.1, 0.15) is 7.85 Å². The standard InChI is InChI=1S/C7H9B.2H2O/c1-6-3-2-4-7(8)5-6;;/h2-5H,8H2,1H3;2*1H2. The molecule has 0 unspecified atom stereocenters. The maximum absolute atomic E-state index is 2.17. The third kappa shape index (κ3) is 3.27. The highest BCUT2D eigenvalue weighted by Crippen LogP contribution is 1.89. The van der Waals surface area contributed by atoms with E-state index >= 15 is 0 Å². The zero-order valence-corrected chi connectivity index (χ0v) is 6.31. The maximum atomic E-state index is 2.17. The average molecular weight is 140 g/mol. The van der Waals surface area contributed by atoms with Gasteiger partial charge in [-0.1, -0.05) is 35.3 Å². The van der Waals surface area contributed by atoms with Crippen LogP contribution >= 0.6 is 0 Å². The molecule has 10 heavy (non-hydrogen) atoms. The molecule has 0 aromatic heterocycles. The van der Waals surface area contributed by atoms with E-state index in [0.29, 0.717) is 0 Å². The summed E-state index contributed by atoms with van der Waals surface area (Å²) in [7, 11) is 2.10. The number of hydrogen-bond acceptors (Lipinski definition) is 0. The van der Waals surface area contributed by atoms with E-state index in [1.54, 1.807) is 0 Å². The second-order valence-corrected chi connectivity index (χ2v) is 2.16. The summed E-state index contributed by atoms with van der Waals surface area (Å²) in [6.45, 7) is 2.10. The quantitative estimate of drug-likeness (QED) is 0.398. The molecule has 0 spiro atoms. The highest BCUT2D eigenvalue weighted by Gasteiger charge is 1.80. The SMILES string of the molecule is Bc1cccc(C)c1.O.O. The normalized spacial score (nSPS) is 7.30. The first-order chi connectivity index (χ1) is 3.79. The van der Waals surface area contributed by atoms with Gasteiger partial charge in [-0.15, -0.1) is 0 Å². The van der Waals surface area contributed by atoms with Crippen LogP contribution in [-0.2, 0) is 0 Å². The number of aryl methyl sites for hydroxylation is 1. The molecule has 2 nitrogen and oxygen atoms in total. The van der Waals surface area contributed by atoms with E-state index in [9.17, 15) is 0 Å². The van der Waals surface area contributed by atoms with Crippen molar-refractivity contribution in [3.63, 3.8) is 0 Å². The van der Waals surface area contributed by atoms with Gasteiger partial charge in [0.25, 0.3) is 0 Å². The molecule has 56 valence electrons. The van der Waals surface area contributed by atoms with Crippen LogP contribution in [0.1, 0.15) is 5.56 Å². The minimum atomic E-state index is 0. The fraction of sp³-hybridized carbons (Fsp3) is 0.143. The molecule has 0 saturated heterocycles. The van der Waals surface area contributed by atoms with Gasteiger partial charge in [-0.05, 0) is 6.92 Å². The first-order valence-electron chi connectivity index (χ1n) is 2.82. The van der Waals surface area contributed by atoms with E-state index in [2.05, 4.69) is 39.0 Å². The van der Waals surface area contributed by atoms with Crippen LogP contribution in [0.4, 0.5) is 0 Å². The lowest BCUT2D eigenvalue weighted by atomic mass is 9.95. The van der Waals surface area contributed by atoms with Crippen molar-refractivity contribution in [3.05, 3.63) is 29.8 Å². The van der Waals surface area contributed by atoms with Gasteiger partial charge in [0.05, 0.1) is 0 Å². The summed E-state index contributed by atoms with van der Waals surface area (Å²) in [4.78, 5) is 0. The summed E-state index contributed by atoms with van der Waals surface area (Å²) in [5.41, 5.74) is 2.68. The van der Waals surface area contributed by atoms with Gasteiger partial charge in [0.15, 0.2) is 0 Å². The van der Waals surface area contributed by atoms with Crippen molar-refractivity contribution in [2.45, 2.75) is 6.92 Å². The Kier molecular flexibility index (Phi) is 6.00. The van der Waals surface area contributed by atoms with Crippen LogP contribution in [0.2, 0.25) is 0 Å². The van der Waals surface area contributed by atoms with Gasteiger partial charge in [-0.25, -0.2) is 0 Å². The van der Waals surface area contributed by atoms with Crippen molar-refractivity contribution in [2.24, 2.45) is 0 Å². The monoisotopic (exact) mass is 140 g/mol. The van der Waals surface area contributed by atoms with Crippen molar-refractivity contribution in [1.29, 1.82) is 0 Å². The van der Waals surface area contributed by atoms with Crippen LogP contribution < -0.4 is 5.46 Å². The van der Waals surface area contributed by atoms with Crippen molar-refractivity contribution >= 4 is 13.3 Å². The molecule has 0 aliphatic rings. The first kappa shape index (κ1) is 11.9. The molecule has 0 amide bonds. The highest BCUT2D eigenvalue weighted by atomic mass is 16.0. The minimum absolute atomic E-state index is 0. The van der Waals surface area contributed by atoms with Crippen LogP contribution in [0.15, 0.2) is 24.3 Å². The van der Waals surface area contributed by atoms with E-state index < -0.39 is 0 Å². The Bertz CT molecular complexity index is 171. The fourth-order valence-electron chi connectivity index (χ4n) is 0.807. The minimum Gasteiger partial charge on any atom is -0.412 e. The molecule has 0 radical (unpaired) electrons. The summed E-state index contributed by atoms with van der Waals surface area (Å²) in [5.74, 6) is 0. The van der Waals surface area contributed by atoms with Gasteiger partial charge >= 0.3 is 0 Å². The van der Waals surface area contributed by atoms with E-state index in [0.717, 1.165) is 0 Å². The Labute approximate surface area is 61.9 Å². The maximum Gasteiger partial charge on any atom is 0.139 e. The summed E-state index contributed by atoms with van der Waals surface area (Å²) in [5, 5.41) is 0. The zero-order valence-electron chi connectivity index (χ0n) is 6.31. The molecule has 0 saturated carbocycles. The van der Waals surface area contributed by atoms with E-state index in [1.165, 1.54) is 11.0 Å². The zero-order chi connectivity index (χ0) is 5.98. The Morgan fingerprint density at radius 2 is 1.80 bits per heavy atom. The molecular weight excluding hydrogens is 127 g/mol. The van der Waals surface area contributed by atoms with Crippen LogP contribution in [0, 0.1) is 6.92 Å².